The minimum atomic E-state index is -3.22. The van der Waals surface area contributed by atoms with Crippen molar-refractivity contribution in [3.8, 4) is 0 Å². The quantitative estimate of drug-likeness (QED) is 0.796. The van der Waals surface area contributed by atoms with Crippen LogP contribution in [0.4, 0.5) is 11.4 Å². The van der Waals surface area contributed by atoms with E-state index < -0.39 is 10.0 Å². The van der Waals surface area contributed by atoms with Crippen molar-refractivity contribution in [2.75, 3.05) is 30.0 Å². The molecular formula is C18H21N3O4S2. The predicted octanol–water partition coefficient (Wildman–Crippen LogP) is 2.61. The Bertz CT molecular complexity index is 918. The molecule has 0 aliphatic carbocycles. The number of sulfonamides is 1. The second kappa shape index (κ2) is 8.20. The number of amides is 2. The van der Waals surface area contributed by atoms with E-state index in [4.69, 9.17) is 0 Å². The lowest BCUT2D eigenvalue weighted by Crippen LogP contribution is -2.40. The molecule has 2 aromatic rings. The SMILES string of the molecule is CS(=O)(=O)N1CCC(C(=O)Nc2ccccc2NC(=O)c2cccs2)CC1. The summed E-state index contributed by atoms with van der Waals surface area (Å²) in [4.78, 5) is 25.5. The average molecular weight is 408 g/mol. The lowest BCUT2D eigenvalue weighted by atomic mass is 9.97. The van der Waals surface area contributed by atoms with Crippen LogP contribution in [0.1, 0.15) is 22.5 Å². The lowest BCUT2D eigenvalue weighted by Gasteiger charge is -2.29. The zero-order valence-corrected chi connectivity index (χ0v) is 16.5. The van der Waals surface area contributed by atoms with Gasteiger partial charge in [-0.3, -0.25) is 9.59 Å². The fraction of sp³-hybridized carbons (Fsp3) is 0.333. The zero-order valence-electron chi connectivity index (χ0n) is 14.8. The van der Waals surface area contributed by atoms with Crippen molar-refractivity contribution in [3.63, 3.8) is 0 Å². The van der Waals surface area contributed by atoms with Gasteiger partial charge in [-0.15, -0.1) is 11.3 Å². The van der Waals surface area contributed by atoms with Crippen molar-refractivity contribution in [2.45, 2.75) is 12.8 Å². The van der Waals surface area contributed by atoms with Crippen LogP contribution in [0.25, 0.3) is 0 Å². The fourth-order valence-electron chi connectivity index (χ4n) is 2.98. The normalized spacial score (nSPS) is 16.0. The Morgan fingerprint density at radius 2 is 1.67 bits per heavy atom. The summed E-state index contributed by atoms with van der Waals surface area (Å²) >= 11 is 1.34. The van der Waals surface area contributed by atoms with Gasteiger partial charge < -0.3 is 10.6 Å². The molecule has 0 spiro atoms. The Morgan fingerprint density at radius 1 is 1.04 bits per heavy atom. The molecule has 1 saturated heterocycles. The van der Waals surface area contributed by atoms with E-state index in [0.717, 1.165) is 0 Å². The molecule has 3 rings (SSSR count). The molecule has 0 unspecified atom stereocenters. The molecule has 1 aliphatic heterocycles. The maximum atomic E-state index is 12.6. The summed E-state index contributed by atoms with van der Waals surface area (Å²) in [5, 5.41) is 7.51. The number of para-hydroxylation sites is 2. The Balaban J connectivity index is 1.64. The van der Waals surface area contributed by atoms with Gasteiger partial charge in [0.15, 0.2) is 0 Å². The first-order valence-electron chi connectivity index (χ1n) is 8.54. The summed E-state index contributed by atoms with van der Waals surface area (Å²) in [5.41, 5.74) is 1.05. The Morgan fingerprint density at radius 3 is 2.22 bits per heavy atom. The predicted molar refractivity (Wildman–Crippen MR) is 106 cm³/mol. The van der Waals surface area contributed by atoms with Gasteiger partial charge in [0.25, 0.3) is 5.91 Å². The standard InChI is InChI=1S/C18H21N3O4S2/c1-27(24,25)21-10-8-13(9-11-21)17(22)19-14-5-2-3-6-15(14)20-18(23)16-7-4-12-26-16/h2-7,12-13H,8-11H2,1H3,(H,19,22)(H,20,23). The second-order valence-electron chi connectivity index (χ2n) is 6.40. The van der Waals surface area contributed by atoms with Crippen molar-refractivity contribution in [1.29, 1.82) is 0 Å². The fourth-order valence-corrected chi connectivity index (χ4v) is 4.47. The largest absolute Gasteiger partial charge is 0.324 e. The molecule has 9 heteroatoms. The van der Waals surface area contributed by atoms with Crippen LogP contribution in [0, 0.1) is 5.92 Å². The molecule has 144 valence electrons. The Kier molecular flexibility index (Phi) is 5.93. The molecule has 2 N–H and O–H groups in total. The van der Waals surface area contributed by atoms with E-state index in [-0.39, 0.29) is 17.7 Å². The minimum absolute atomic E-state index is 0.166. The van der Waals surface area contributed by atoms with E-state index >= 15 is 0 Å². The lowest BCUT2D eigenvalue weighted by molar-refractivity contribution is -0.120. The molecule has 7 nitrogen and oxygen atoms in total. The molecule has 1 aromatic carbocycles. The van der Waals surface area contributed by atoms with Crippen molar-refractivity contribution < 1.29 is 18.0 Å². The highest BCUT2D eigenvalue weighted by molar-refractivity contribution is 7.88. The Labute approximate surface area is 162 Å². The van der Waals surface area contributed by atoms with E-state index in [1.165, 1.54) is 21.9 Å². The zero-order chi connectivity index (χ0) is 19.4. The van der Waals surface area contributed by atoms with E-state index in [0.29, 0.717) is 42.2 Å². The number of rotatable bonds is 5. The third-order valence-electron chi connectivity index (χ3n) is 4.47. The van der Waals surface area contributed by atoms with Crippen molar-refractivity contribution in [3.05, 3.63) is 46.7 Å². The molecule has 0 bridgehead atoms. The molecule has 1 aromatic heterocycles. The van der Waals surface area contributed by atoms with Gasteiger partial charge >= 0.3 is 0 Å². The molecular weight excluding hydrogens is 386 g/mol. The summed E-state index contributed by atoms with van der Waals surface area (Å²) < 4.78 is 24.6. The number of nitrogens with zero attached hydrogens (tertiary/aromatic N) is 1. The number of carbonyl (C=O) groups excluding carboxylic acids is 2. The van der Waals surface area contributed by atoms with Crippen molar-refractivity contribution in [1.82, 2.24) is 4.31 Å². The first-order valence-corrected chi connectivity index (χ1v) is 11.3. The minimum Gasteiger partial charge on any atom is -0.324 e. The Hall–Kier alpha value is -2.23. The molecule has 0 radical (unpaired) electrons. The molecule has 0 saturated carbocycles. The number of piperidine rings is 1. The molecule has 0 atom stereocenters. The van der Waals surface area contributed by atoms with Crippen molar-refractivity contribution in [2.24, 2.45) is 5.92 Å². The average Bonchev–Trinajstić information content (AvgIpc) is 3.17. The molecule has 1 fully saturated rings. The van der Waals surface area contributed by atoms with Crippen LogP contribution >= 0.6 is 11.3 Å². The number of hydrogen-bond acceptors (Lipinski definition) is 5. The third kappa shape index (κ3) is 4.94. The van der Waals surface area contributed by atoms with E-state index in [2.05, 4.69) is 10.6 Å². The van der Waals surface area contributed by atoms with Crippen LogP contribution in [0.3, 0.4) is 0 Å². The van der Waals surface area contributed by atoms with E-state index in [1.807, 2.05) is 5.38 Å². The highest BCUT2D eigenvalue weighted by atomic mass is 32.2. The van der Waals surface area contributed by atoms with Crippen LogP contribution in [-0.2, 0) is 14.8 Å². The number of benzene rings is 1. The van der Waals surface area contributed by atoms with Gasteiger partial charge in [0, 0.05) is 19.0 Å². The number of thiophene rings is 1. The van der Waals surface area contributed by atoms with Crippen LogP contribution in [0.5, 0.6) is 0 Å². The van der Waals surface area contributed by atoms with E-state index in [9.17, 15) is 18.0 Å². The number of carbonyl (C=O) groups is 2. The van der Waals surface area contributed by atoms with Gasteiger partial charge in [0.05, 0.1) is 22.5 Å². The van der Waals surface area contributed by atoms with Gasteiger partial charge in [-0.2, -0.15) is 0 Å². The third-order valence-corrected chi connectivity index (χ3v) is 6.64. The number of nitrogens with one attached hydrogen (secondary N) is 2. The summed E-state index contributed by atoms with van der Waals surface area (Å²) in [5.74, 6) is -0.654. The number of hydrogen-bond donors (Lipinski definition) is 2. The second-order valence-corrected chi connectivity index (χ2v) is 9.33. The first kappa shape index (κ1) is 19.5. The topological polar surface area (TPSA) is 95.6 Å². The van der Waals surface area contributed by atoms with Gasteiger partial charge in [0.1, 0.15) is 0 Å². The maximum absolute atomic E-state index is 12.6. The van der Waals surface area contributed by atoms with Gasteiger partial charge in [-0.05, 0) is 36.4 Å². The van der Waals surface area contributed by atoms with Gasteiger partial charge in [0.2, 0.25) is 15.9 Å². The van der Waals surface area contributed by atoms with Crippen LogP contribution in [-0.4, -0.2) is 43.9 Å². The van der Waals surface area contributed by atoms with Gasteiger partial charge in [-0.1, -0.05) is 18.2 Å². The molecule has 27 heavy (non-hydrogen) atoms. The van der Waals surface area contributed by atoms with Crippen LogP contribution in [0.2, 0.25) is 0 Å². The summed E-state index contributed by atoms with van der Waals surface area (Å²) in [6, 6.07) is 10.6. The first-order chi connectivity index (χ1) is 12.8. The molecule has 2 heterocycles. The van der Waals surface area contributed by atoms with Crippen LogP contribution < -0.4 is 10.6 Å². The number of anilines is 2. The van der Waals surface area contributed by atoms with Gasteiger partial charge in [-0.25, -0.2) is 12.7 Å². The molecule has 2 amide bonds. The maximum Gasteiger partial charge on any atom is 0.265 e. The monoisotopic (exact) mass is 407 g/mol. The summed E-state index contributed by atoms with van der Waals surface area (Å²) in [6.07, 6.45) is 2.13. The van der Waals surface area contributed by atoms with Crippen molar-refractivity contribution >= 4 is 44.5 Å². The van der Waals surface area contributed by atoms with Crippen LogP contribution in [0.15, 0.2) is 41.8 Å². The smallest absolute Gasteiger partial charge is 0.265 e. The summed E-state index contributed by atoms with van der Waals surface area (Å²) in [6.45, 7) is 0.682. The molecule has 1 aliphatic rings. The highest BCUT2D eigenvalue weighted by Gasteiger charge is 2.29. The summed E-state index contributed by atoms with van der Waals surface area (Å²) in [7, 11) is -3.22. The van der Waals surface area contributed by atoms with E-state index in [1.54, 1.807) is 36.4 Å². The highest BCUT2D eigenvalue weighted by Crippen LogP contribution is 2.26.